The highest BCUT2D eigenvalue weighted by Gasteiger charge is 2.43. The van der Waals surface area contributed by atoms with E-state index in [0.29, 0.717) is 22.6 Å². The van der Waals surface area contributed by atoms with Crippen LogP contribution in [-0.4, -0.2) is 11.6 Å². The van der Waals surface area contributed by atoms with E-state index < -0.39 is 5.41 Å². The van der Waals surface area contributed by atoms with Crippen molar-refractivity contribution in [3.8, 4) is 0 Å². The van der Waals surface area contributed by atoms with Gasteiger partial charge >= 0.3 is 0 Å². The van der Waals surface area contributed by atoms with Crippen LogP contribution in [0.3, 0.4) is 0 Å². The zero-order valence-corrected chi connectivity index (χ0v) is 12.6. The van der Waals surface area contributed by atoms with Crippen molar-refractivity contribution in [1.82, 2.24) is 0 Å². The molecule has 0 aromatic carbocycles. The maximum absolute atomic E-state index is 12.7. The first-order chi connectivity index (χ1) is 9.15. The Morgan fingerprint density at radius 3 is 1.63 bits per heavy atom. The molecule has 2 heterocycles. The average Bonchev–Trinajstić information content (AvgIpc) is 3.13. The quantitative estimate of drug-likeness (QED) is 0.572. The van der Waals surface area contributed by atoms with Gasteiger partial charge in [-0.2, -0.15) is 0 Å². The third-order valence-electron chi connectivity index (χ3n) is 3.57. The summed E-state index contributed by atoms with van der Waals surface area (Å²) in [6.45, 7) is 3.83. The van der Waals surface area contributed by atoms with Gasteiger partial charge in [0.2, 0.25) is 0 Å². The second-order valence-corrected chi connectivity index (χ2v) is 6.30. The van der Waals surface area contributed by atoms with E-state index in [1.165, 1.54) is 22.7 Å². The summed E-state index contributed by atoms with van der Waals surface area (Å²) in [5, 5.41) is 3.75. The number of thiophene rings is 2. The molecular weight excluding hydrogens is 276 g/mol. The van der Waals surface area contributed by atoms with Crippen molar-refractivity contribution in [2.75, 3.05) is 0 Å². The Kier molecular flexibility index (Phi) is 4.32. The number of ketones is 2. The molecule has 100 valence electrons. The fourth-order valence-electron chi connectivity index (χ4n) is 2.28. The molecule has 2 aromatic heterocycles. The van der Waals surface area contributed by atoms with Crippen LogP contribution in [0.2, 0.25) is 0 Å². The van der Waals surface area contributed by atoms with E-state index in [4.69, 9.17) is 0 Å². The molecule has 0 atom stereocenters. The van der Waals surface area contributed by atoms with Gasteiger partial charge in [-0.05, 0) is 35.7 Å². The summed E-state index contributed by atoms with van der Waals surface area (Å²) in [7, 11) is 0. The van der Waals surface area contributed by atoms with Crippen molar-refractivity contribution < 1.29 is 9.59 Å². The zero-order valence-electron chi connectivity index (χ0n) is 11.0. The first-order valence-corrected chi connectivity index (χ1v) is 8.08. The number of carbonyl (C=O) groups excluding carboxylic acids is 2. The molecule has 0 N–H and O–H groups in total. The van der Waals surface area contributed by atoms with Gasteiger partial charge in [0.1, 0.15) is 0 Å². The van der Waals surface area contributed by atoms with Crippen LogP contribution in [0, 0.1) is 5.41 Å². The predicted molar refractivity (Wildman–Crippen MR) is 80.3 cm³/mol. The molecule has 0 aliphatic heterocycles. The number of Topliss-reactive ketones (excluding diaryl/α,β-unsaturated/α-hetero) is 2. The van der Waals surface area contributed by atoms with Gasteiger partial charge < -0.3 is 0 Å². The Balaban J connectivity index is 2.43. The van der Waals surface area contributed by atoms with Crippen molar-refractivity contribution in [2.45, 2.75) is 26.7 Å². The molecule has 2 rings (SSSR count). The van der Waals surface area contributed by atoms with E-state index in [9.17, 15) is 9.59 Å². The lowest BCUT2D eigenvalue weighted by molar-refractivity contribution is 0.0652. The van der Waals surface area contributed by atoms with Crippen molar-refractivity contribution in [1.29, 1.82) is 0 Å². The third kappa shape index (κ3) is 2.42. The highest BCUT2D eigenvalue weighted by Crippen LogP contribution is 2.37. The van der Waals surface area contributed by atoms with Crippen molar-refractivity contribution in [3.05, 3.63) is 44.8 Å². The Morgan fingerprint density at radius 2 is 1.37 bits per heavy atom. The highest BCUT2D eigenvalue weighted by molar-refractivity contribution is 7.13. The average molecular weight is 292 g/mol. The van der Waals surface area contributed by atoms with E-state index in [1.54, 1.807) is 12.1 Å². The first-order valence-electron chi connectivity index (χ1n) is 6.32. The molecular formula is C15H16O2S2. The molecule has 0 saturated carbocycles. The first kappa shape index (κ1) is 14.2. The fraction of sp³-hybridized carbons (Fsp3) is 0.333. The van der Waals surface area contributed by atoms with Gasteiger partial charge in [-0.1, -0.05) is 26.0 Å². The van der Waals surface area contributed by atoms with Gasteiger partial charge in [0.15, 0.2) is 11.6 Å². The topological polar surface area (TPSA) is 34.1 Å². The minimum absolute atomic E-state index is 0.0362. The van der Waals surface area contributed by atoms with Crippen LogP contribution in [0.25, 0.3) is 0 Å². The lowest BCUT2D eigenvalue weighted by atomic mass is 9.73. The summed E-state index contributed by atoms with van der Waals surface area (Å²) in [4.78, 5) is 26.8. The van der Waals surface area contributed by atoms with Gasteiger partial charge in [0.25, 0.3) is 0 Å². The molecule has 0 unspecified atom stereocenters. The summed E-state index contributed by atoms with van der Waals surface area (Å²) in [6, 6.07) is 7.30. The Morgan fingerprint density at radius 1 is 0.947 bits per heavy atom. The van der Waals surface area contributed by atoms with E-state index in [0.717, 1.165) is 0 Å². The molecule has 0 spiro atoms. The maximum Gasteiger partial charge on any atom is 0.186 e. The van der Waals surface area contributed by atoms with E-state index in [1.807, 2.05) is 36.7 Å². The summed E-state index contributed by atoms with van der Waals surface area (Å²) in [5.74, 6) is -0.0724. The second kappa shape index (κ2) is 5.80. The Hall–Kier alpha value is -1.26. The summed E-state index contributed by atoms with van der Waals surface area (Å²) >= 11 is 2.81. The minimum atomic E-state index is -0.907. The lowest BCUT2D eigenvalue weighted by Crippen LogP contribution is -2.37. The van der Waals surface area contributed by atoms with Crippen LogP contribution in [0.1, 0.15) is 46.0 Å². The normalized spacial score (nSPS) is 11.5. The third-order valence-corrected chi connectivity index (χ3v) is 5.30. The molecule has 0 amide bonds. The summed E-state index contributed by atoms with van der Waals surface area (Å²) in [6.07, 6.45) is 1.08. The molecule has 0 aliphatic carbocycles. The van der Waals surface area contributed by atoms with Gasteiger partial charge in [0, 0.05) is 0 Å². The van der Waals surface area contributed by atoms with Gasteiger partial charge in [-0.3, -0.25) is 9.59 Å². The Labute approximate surface area is 121 Å². The number of hydrogen-bond donors (Lipinski definition) is 0. The lowest BCUT2D eigenvalue weighted by Gasteiger charge is -2.27. The Bertz CT molecular complexity index is 501. The highest BCUT2D eigenvalue weighted by atomic mass is 32.1. The molecule has 2 nitrogen and oxygen atoms in total. The molecule has 2 aromatic rings. The van der Waals surface area contributed by atoms with Crippen LogP contribution in [0.15, 0.2) is 35.0 Å². The number of hydrogen-bond acceptors (Lipinski definition) is 4. The maximum atomic E-state index is 12.7. The zero-order chi connectivity index (χ0) is 13.9. The summed E-state index contributed by atoms with van der Waals surface area (Å²) < 4.78 is 0. The van der Waals surface area contributed by atoms with Gasteiger partial charge in [0.05, 0.1) is 15.2 Å². The standard InChI is InChI=1S/C15H16O2S2/c1-3-15(4-2,13(16)11-7-5-9-18-11)14(17)12-8-6-10-19-12/h5-10H,3-4H2,1-2H3. The molecule has 0 bridgehead atoms. The molecule has 0 radical (unpaired) electrons. The van der Waals surface area contributed by atoms with Crippen molar-refractivity contribution in [2.24, 2.45) is 5.41 Å². The second-order valence-electron chi connectivity index (χ2n) is 4.40. The SMILES string of the molecule is CCC(CC)(C(=O)c1cccs1)C(=O)c1cccs1. The van der Waals surface area contributed by atoms with Crippen LogP contribution in [0.4, 0.5) is 0 Å². The van der Waals surface area contributed by atoms with Crippen LogP contribution in [0.5, 0.6) is 0 Å². The smallest absolute Gasteiger partial charge is 0.186 e. The molecule has 19 heavy (non-hydrogen) atoms. The van der Waals surface area contributed by atoms with Crippen LogP contribution in [-0.2, 0) is 0 Å². The molecule has 0 fully saturated rings. The van der Waals surface area contributed by atoms with Crippen LogP contribution >= 0.6 is 22.7 Å². The van der Waals surface area contributed by atoms with E-state index >= 15 is 0 Å². The molecule has 0 aliphatic rings. The molecule has 4 heteroatoms. The largest absolute Gasteiger partial charge is 0.292 e. The van der Waals surface area contributed by atoms with Gasteiger partial charge in [-0.25, -0.2) is 0 Å². The fourth-order valence-corrected chi connectivity index (χ4v) is 3.81. The van der Waals surface area contributed by atoms with Crippen LogP contribution < -0.4 is 0 Å². The number of carbonyl (C=O) groups is 2. The van der Waals surface area contributed by atoms with E-state index in [-0.39, 0.29) is 11.6 Å². The van der Waals surface area contributed by atoms with Crippen molar-refractivity contribution in [3.63, 3.8) is 0 Å². The van der Waals surface area contributed by atoms with Crippen molar-refractivity contribution >= 4 is 34.2 Å². The van der Waals surface area contributed by atoms with E-state index in [2.05, 4.69) is 0 Å². The van der Waals surface area contributed by atoms with Gasteiger partial charge in [-0.15, -0.1) is 22.7 Å². The predicted octanol–water partition coefficient (Wildman–Crippen LogP) is 4.68. The minimum Gasteiger partial charge on any atom is -0.292 e. The molecule has 0 saturated heterocycles. The summed E-state index contributed by atoms with van der Waals surface area (Å²) in [5.41, 5.74) is -0.907. The monoisotopic (exact) mass is 292 g/mol. The number of rotatable bonds is 6.